The second-order valence-electron chi connectivity index (χ2n) is 7.10. The molecule has 8 nitrogen and oxygen atoms in total. The molecule has 8 heteroatoms. The van der Waals surface area contributed by atoms with E-state index in [9.17, 15) is 4.79 Å². The van der Waals surface area contributed by atoms with Crippen LogP contribution in [0.1, 0.15) is 70.7 Å². The van der Waals surface area contributed by atoms with Gasteiger partial charge in [-0.2, -0.15) is 0 Å². The number of carbonyl (C=O) groups excluding carboxylic acids is 1. The number of hydrogen-bond acceptors (Lipinski definition) is 8. The third kappa shape index (κ3) is 23.3. The number of carbonyl (C=O) groups is 1. The van der Waals surface area contributed by atoms with Gasteiger partial charge in [0.2, 0.25) is 0 Å². The maximum atomic E-state index is 11.6. The summed E-state index contributed by atoms with van der Waals surface area (Å²) in [6.45, 7) is 11.7. The summed E-state index contributed by atoms with van der Waals surface area (Å²) in [6, 6.07) is 0. The van der Waals surface area contributed by atoms with Crippen molar-refractivity contribution in [1.29, 1.82) is 0 Å². The van der Waals surface area contributed by atoms with Gasteiger partial charge in [0.25, 0.3) is 0 Å². The molecule has 0 saturated carbocycles. The predicted molar refractivity (Wildman–Crippen MR) is 125 cm³/mol. The van der Waals surface area contributed by atoms with Crippen molar-refractivity contribution in [2.75, 3.05) is 52.7 Å². The molecule has 2 atom stereocenters. The maximum Gasteiger partial charge on any atom is 0.508 e. The lowest BCUT2D eigenvalue weighted by Crippen LogP contribution is -2.34. The highest BCUT2D eigenvalue weighted by atomic mass is 16.7. The Morgan fingerprint density at radius 2 is 1.47 bits per heavy atom. The van der Waals surface area contributed by atoms with Gasteiger partial charge in [-0.25, -0.2) is 4.79 Å². The fraction of sp³-hybridized carbons (Fsp3) is 0.955. The summed E-state index contributed by atoms with van der Waals surface area (Å²) in [5.74, 6) is 0. The molecule has 0 aromatic rings. The minimum atomic E-state index is -0.758. The van der Waals surface area contributed by atoms with Crippen molar-refractivity contribution in [3.05, 3.63) is 0 Å². The maximum absolute atomic E-state index is 11.6. The molecule has 2 N–H and O–H groups in total. The van der Waals surface area contributed by atoms with Crippen LogP contribution in [0.5, 0.6) is 0 Å². The molecule has 188 valence electrons. The Bertz CT molecular complexity index is 356. The van der Waals surface area contributed by atoms with Gasteiger partial charge in [-0.05, 0) is 34.1 Å². The summed E-state index contributed by atoms with van der Waals surface area (Å²) >= 11 is 0. The number of rotatable bonds is 14. The molecule has 0 saturated heterocycles. The van der Waals surface area contributed by atoms with Crippen molar-refractivity contribution in [1.82, 2.24) is 4.90 Å². The Balaban J connectivity index is -0.000000521. The van der Waals surface area contributed by atoms with Crippen molar-refractivity contribution >= 4 is 6.16 Å². The van der Waals surface area contributed by atoms with Crippen molar-refractivity contribution in [3.8, 4) is 0 Å². The number of ether oxygens (including phenoxy) is 4. The van der Waals surface area contributed by atoms with E-state index < -0.39 is 6.16 Å². The van der Waals surface area contributed by atoms with E-state index in [1.807, 2.05) is 34.6 Å². The van der Waals surface area contributed by atoms with E-state index >= 15 is 0 Å². The molecular weight excluding hydrogens is 390 g/mol. The van der Waals surface area contributed by atoms with Crippen molar-refractivity contribution in [2.45, 2.75) is 88.6 Å². The predicted octanol–water partition coefficient (Wildman–Crippen LogP) is 3.97. The normalized spacial score (nSPS) is 12.4. The SMILES string of the molecule is C.C.C.C.CCC(COC(C)COC(=O)OCCN(CCO)CCO)OC(C)(C)C. The topological polar surface area (TPSA) is 97.7 Å². The van der Waals surface area contributed by atoms with E-state index in [-0.39, 0.29) is 73.9 Å². The van der Waals surface area contributed by atoms with E-state index in [1.165, 1.54) is 0 Å². The van der Waals surface area contributed by atoms with Crippen molar-refractivity contribution in [2.24, 2.45) is 0 Å². The Morgan fingerprint density at radius 3 is 1.90 bits per heavy atom. The molecule has 0 spiro atoms. The molecule has 0 bridgehead atoms. The minimum absolute atomic E-state index is 0. The number of nitrogens with zero attached hydrogens (tertiary/aromatic N) is 1. The number of hydrogen-bond donors (Lipinski definition) is 2. The monoisotopic (exact) mass is 443 g/mol. The lowest BCUT2D eigenvalue weighted by atomic mass is 10.1. The fourth-order valence-electron chi connectivity index (χ4n) is 2.16. The van der Waals surface area contributed by atoms with Crippen LogP contribution in [0.4, 0.5) is 4.79 Å². The lowest BCUT2D eigenvalue weighted by Gasteiger charge is -2.27. The average Bonchev–Trinajstić information content (AvgIpc) is 2.56. The van der Waals surface area contributed by atoms with Crippen LogP contribution in [-0.4, -0.2) is 91.7 Å². The van der Waals surface area contributed by atoms with Gasteiger partial charge in [0.05, 0.1) is 37.6 Å². The standard InChI is InChI=1S/C18H37NO7.4CH4/c1-6-16(26-18(3,4)5)14-24-15(2)13-25-17(22)23-12-9-19(7-10-20)8-11-21;;;;/h15-16,20-21H,6-14H2,1-5H3;4*1H4. The third-order valence-corrected chi connectivity index (χ3v) is 3.44. The van der Waals surface area contributed by atoms with Gasteiger partial charge in [0.15, 0.2) is 0 Å². The number of aliphatic hydroxyl groups is 2. The quantitative estimate of drug-likeness (QED) is 0.389. The second kappa shape index (κ2) is 22.7. The molecule has 0 aliphatic rings. The van der Waals surface area contributed by atoms with Crippen LogP contribution in [0.25, 0.3) is 0 Å². The smallest absolute Gasteiger partial charge is 0.433 e. The van der Waals surface area contributed by atoms with E-state index in [1.54, 1.807) is 4.90 Å². The Labute approximate surface area is 186 Å². The molecule has 0 radical (unpaired) electrons. The van der Waals surface area contributed by atoms with E-state index in [0.29, 0.717) is 26.2 Å². The van der Waals surface area contributed by atoms with E-state index in [0.717, 1.165) is 6.42 Å². The highest BCUT2D eigenvalue weighted by Crippen LogP contribution is 2.13. The highest BCUT2D eigenvalue weighted by molar-refractivity contribution is 5.59. The van der Waals surface area contributed by atoms with Gasteiger partial charge in [-0.15, -0.1) is 0 Å². The zero-order valence-corrected chi connectivity index (χ0v) is 16.9. The fourth-order valence-corrected chi connectivity index (χ4v) is 2.16. The van der Waals surface area contributed by atoms with Crippen LogP contribution in [0.3, 0.4) is 0 Å². The molecule has 0 heterocycles. The first kappa shape index (κ1) is 39.5. The summed E-state index contributed by atoms with van der Waals surface area (Å²) in [5, 5.41) is 17.8. The molecule has 0 amide bonds. The molecular formula is C22H53NO7. The molecule has 0 aliphatic carbocycles. The summed E-state index contributed by atoms with van der Waals surface area (Å²) in [5.41, 5.74) is -0.229. The molecule has 2 unspecified atom stereocenters. The van der Waals surface area contributed by atoms with Crippen LogP contribution < -0.4 is 0 Å². The van der Waals surface area contributed by atoms with Gasteiger partial charge < -0.3 is 29.2 Å². The zero-order chi connectivity index (χ0) is 20.0. The van der Waals surface area contributed by atoms with Gasteiger partial charge in [-0.3, -0.25) is 4.90 Å². The summed E-state index contributed by atoms with van der Waals surface area (Å²) in [6.07, 6.45) is -0.189. The van der Waals surface area contributed by atoms with Gasteiger partial charge >= 0.3 is 6.16 Å². The van der Waals surface area contributed by atoms with Crippen LogP contribution in [0.15, 0.2) is 0 Å². The number of aliphatic hydroxyl groups excluding tert-OH is 2. The van der Waals surface area contributed by atoms with Crippen LogP contribution in [-0.2, 0) is 18.9 Å². The summed E-state index contributed by atoms with van der Waals surface area (Å²) in [7, 11) is 0. The van der Waals surface area contributed by atoms with Gasteiger partial charge in [0, 0.05) is 19.6 Å². The molecule has 0 aromatic heterocycles. The highest BCUT2D eigenvalue weighted by Gasteiger charge is 2.19. The lowest BCUT2D eigenvalue weighted by molar-refractivity contribution is -0.110. The Kier molecular flexibility index (Phi) is 30.0. The Morgan fingerprint density at radius 1 is 0.933 bits per heavy atom. The van der Waals surface area contributed by atoms with E-state index in [2.05, 4.69) is 0 Å². The van der Waals surface area contributed by atoms with Crippen LogP contribution in [0.2, 0.25) is 0 Å². The first-order chi connectivity index (χ1) is 12.2. The summed E-state index contributed by atoms with van der Waals surface area (Å²) < 4.78 is 21.6. The van der Waals surface area contributed by atoms with Crippen LogP contribution >= 0.6 is 0 Å². The van der Waals surface area contributed by atoms with Gasteiger partial charge in [-0.1, -0.05) is 36.6 Å². The molecule has 30 heavy (non-hydrogen) atoms. The first-order valence-corrected chi connectivity index (χ1v) is 9.24. The van der Waals surface area contributed by atoms with Crippen molar-refractivity contribution < 1.29 is 34.0 Å². The minimum Gasteiger partial charge on any atom is -0.433 e. The van der Waals surface area contributed by atoms with E-state index in [4.69, 9.17) is 29.2 Å². The van der Waals surface area contributed by atoms with Crippen molar-refractivity contribution in [3.63, 3.8) is 0 Å². The van der Waals surface area contributed by atoms with Crippen LogP contribution in [0, 0.1) is 0 Å². The Hall–Kier alpha value is -0.930. The van der Waals surface area contributed by atoms with Gasteiger partial charge in [0.1, 0.15) is 13.2 Å². The average molecular weight is 444 g/mol. The zero-order valence-electron chi connectivity index (χ0n) is 16.9. The molecule has 0 rings (SSSR count). The molecule has 0 aliphatic heterocycles. The first-order valence-electron chi connectivity index (χ1n) is 9.24. The molecule has 0 fully saturated rings. The third-order valence-electron chi connectivity index (χ3n) is 3.44. The second-order valence-corrected chi connectivity index (χ2v) is 7.10. The molecule has 0 aromatic carbocycles. The largest absolute Gasteiger partial charge is 0.508 e. The summed E-state index contributed by atoms with van der Waals surface area (Å²) in [4.78, 5) is 13.4.